The van der Waals surface area contributed by atoms with Crippen LogP contribution in [0.4, 0.5) is 20.2 Å². The number of halogens is 2. The number of β-amino-alcohol motifs (C(OH)–C–C–N with tert-alkyl or cyclic N) is 1. The Hall–Kier alpha value is -1.76. The summed E-state index contributed by atoms with van der Waals surface area (Å²) >= 11 is 0. The van der Waals surface area contributed by atoms with E-state index in [1.807, 2.05) is 0 Å². The van der Waals surface area contributed by atoms with E-state index in [1.165, 1.54) is 4.90 Å². The molecule has 0 atom stereocenters. The molecule has 0 spiro atoms. The molecule has 1 fully saturated rings. The molecule has 7 heteroatoms. The molecule has 18 heavy (non-hydrogen) atoms. The lowest BCUT2D eigenvalue weighted by Crippen LogP contribution is -2.61. The monoisotopic (exact) mass is 258 g/mol. The Balaban J connectivity index is 2.37. The number of benzene rings is 1. The maximum absolute atomic E-state index is 13.4. The van der Waals surface area contributed by atoms with Gasteiger partial charge in [0.25, 0.3) is 0 Å². The summed E-state index contributed by atoms with van der Waals surface area (Å²) in [6.45, 7) is 2.04. The van der Waals surface area contributed by atoms with Gasteiger partial charge in [0.2, 0.25) is 5.82 Å². The molecule has 2 rings (SSSR count). The number of nitro benzene ring substituents is 1. The molecule has 1 heterocycles. The molecule has 0 saturated carbocycles. The summed E-state index contributed by atoms with van der Waals surface area (Å²) in [6, 6.07) is 1.39. The van der Waals surface area contributed by atoms with Gasteiger partial charge < -0.3 is 10.0 Å². The molecule has 0 aromatic heterocycles. The molecule has 1 aromatic carbocycles. The van der Waals surface area contributed by atoms with Crippen molar-refractivity contribution in [3.8, 4) is 0 Å². The number of anilines is 1. The predicted octanol–water partition coefficient (Wildman–Crippen LogP) is 1.83. The summed E-state index contributed by atoms with van der Waals surface area (Å²) in [6.07, 6.45) is 0.481. The van der Waals surface area contributed by atoms with Crippen molar-refractivity contribution < 1.29 is 18.8 Å². The van der Waals surface area contributed by atoms with E-state index in [1.54, 1.807) is 6.92 Å². The van der Waals surface area contributed by atoms with Crippen molar-refractivity contribution in [2.45, 2.75) is 18.9 Å². The van der Waals surface area contributed by atoms with Crippen molar-refractivity contribution in [2.24, 2.45) is 0 Å². The van der Waals surface area contributed by atoms with Gasteiger partial charge >= 0.3 is 5.69 Å². The molecule has 98 valence electrons. The number of nitrogens with zero attached hydrogens (tertiary/aromatic N) is 2. The predicted molar refractivity (Wildman–Crippen MR) is 60.5 cm³/mol. The zero-order valence-corrected chi connectivity index (χ0v) is 9.69. The zero-order valence-electron chi connectivity index (χ0n) is 9.69. The van der Waals surface area contributed by atoms with Crippen LogP contribution in [-0.2, 0) is 0 Å². The van der Waals surface area contributed by atoms with Gasteiger partial charge in [-0.05, 0) is 6.42 Å². The fourth-order valence-electron chi connectivity index (χ4n) is 2.03. The van der Waals surface area contributed by atoms with E-state index < -0.39 is 27.8 Å². The Kier molecular flexibility index (Phi) is 2.94. The average molecular weight is 258 g/mol. The van der Waals surface area contributed by atoms with Gasteiger partial charge in [-0.2, -0.15) is 4.39 Å². The molecule has 1 aliphatic rings. The largest absolute Gasteiger partial charge is 0.386 e. The third kappa shape index (κ3) is 2.01. The molecular formula is C11H12F2N2O3. The van der Waals surface area contributed by atoms with Crippen LogP contribution in [0.1, 0.15) is 13.3 Å². The number of hydrogen-bond donors (Lipinski definition) is 1. The quantitative estimate of drug-likeness (QED) is 0.663. The molecule has 1 aromatic rings. The SMILES string of the molecule is CCC1(O)CN(c2cc(F)cc(F)c2[N+](=O)[O-])C1. The summed E-state index contributed by atoms with van der Waals surface area (Å²) in [5, 5.41) is 20.6. The van der Waals surface area contributed by atoms with Gasteiger partial charge in [0.1, 0.15) is 11.5 Å². The Bertz CT molecular complexity index is 501. The van der Waals surface area contributed by atoms with Crippen LogP contribution in [0.25, 0.3) is 0 Å². The minimum absolute atomic E-state index is 0.129. The number of rotatable bonds is 3. The second-order valence-corrected chi connectivity index (χ2v) is 4.45. The van der Waals surface area contributed by atoms with Gasteiger partial charge in [0, 0.05) is 25.2 Å². The highest BCUT2D eigenvalue weighted by molar-refractivity contribution is 5.66. The van der Waals surface area contributed by atoms with Crippen LogP contribution in [-0.4, -0.2) is 28.7 Å². The number of hydrogen-bond acceptors (Lipinski definition) is 4. The van der Waals surface area contributed by atoms with Crippen molar-refractivity contribution >= 4 is 11.4 Å². The standard InChI is InChI=1S/C11H12F2N2O3/c1-2-11(16)5-14(6-11)9-4-7(12)3-8(13)10(9)15(17)18/h3-4,16H,2,5-6H2,1H3. The van der Waals surface area contributed by atoms with Gasteiger partial charge in [-0.25, -0.2) is 4.39 Å². The zero-order chi connectivity index (χ0) is 13.5. The van der Waals surface area contributed by atoms with Crippen LogP contribution in [0.5, 0.6) is 0 Å². The highest BCUT2D eigenvalue weighted by atomic mass is 19.1. The normalized spacial score (nSPS) is 17.4. The first-order valence-corrected chi connectivity index (χ1v) is 5.47. The lowest BCUT2D eigenvalue weighted by Gasteiger charge is -2.47. The van der Waals surface area contributed by atoms with Crippen LogP contribution < -0.4 is 4.90 Å². The molecule has 5 nitrogen and oxygen atoms in total. The second kappa shape index (κ2) is 4.16. The molecule has 1 saturated heterocycles. The highest BCUT2D eigenvalue weighted by Gasteiger charge is 2.42. The fraction of sp³-hybridized carbons (Fsp3) is 0.455. The van der Waals surface area contributed by atoms with E-state index >= 15 is 0 Å². The van der Waals surface area contributed by atoms with E-state index in [9.17, 15) is 24.0 Å². The molecule has 0 unspecified atom stereocenters. The summed E-state index contributed by atoms with van der Waals surface area (Å²) in [7, 11) is 0. The van der Waals surface area contributed by atoms with Crippen molar-refractivity contribution in [1.29, 1.82) is 0 Å². The molecule has 0 aliphatic carbocycles. The van der Waals surface area contributed by atoms with E-state index in [2.05, 4.69) is 0 Å². The average Bonchev–Trinajstić information content (AvgIpc) is 2.22. The number of aliphatic hydroxyl groups is 1. The molecular weight excluding hydrogens is 246 g/mol. The van der Waals surface area contributed by atoms with Crippen LogP contribution >= 0.6 is 0 Å². The van der Waals surface area contributed by atoms with Crippen molar-refractivity contribution in [3.05, 3.63) is 33.9 Å². The van der Waals surface area contributed by atoms with Crippen LogP contribution in [0.2, 0.25) is 0 Å². The number of nitro groups is 1. The minimum Gasteiger partial charge on any atom is -0.386 e. The third-order valence-electron chi connectivity index (χ3n) is 3.16. The van der Waals surface area contributed by atoms with Gasteiger partial charge in [-0.15, -0.1) is 0 Å². The van der Waals surface area contributed by atoms with Crippen molar-refractivity contribution in [2.75, 3.05) is 18.0 Å². The lowest BCUT2D eigenvalue weighted by atomic mass is 9.90. The van der Waals surface area contributed by atoms with Crippen molar-refractivity contribution in [1.82, 2.24) is 0 Å². The highest BCUT2D eigenvalue weighted by Crippen LogP contribution is 2.37. The van der Waals surface area contributed by atoms with Crippen LogP contribution in [0.15, 0.2) is 12.1 Å². The maximum Gasteiger partial charge on any atom is 0.328 e. The maximum atomic E-state index is 13.4. The topological polar surface area (TPSA) is 66.6 Å². The van der Waals surface area contributed by atoms with Gasteiger partial charge in [0.05, 0.1) is 10.5 Å². The summed E-state index contributed by atoms with van der Waals surface area (Å²) < 4.78 is 26.5. The summed E-state index contributed by atoms with van der Waals surface area (Å²) in [5.41, 5.74) is -1.82. The van der Waals surface area contributed by atoms with E-state index in [-0.39, 0.29) is 18.8 Å². The van der Waals surface area contributed by atoms with Gasteiger partial charge in [-0.3, -0.25) is 10.1 Å². The van der Waals surface area contributed by atoms with Crippen LogP contribution in [0, 0.1) is 21.7 Å². The lowest BCUT2D eigenvalue weighted by molar-refractivity contribution is -0.386. The van der Waals surface area contributed by atoms with E-state index in [0.29, 0.717) is 12.5 Å². The van der Waals surface area contributed by atoms with Crippen molar-refractivity contribution in [3.63, 3.8) is 0 Å². The van der Waals surface area contributed by atoms with Gasteiger partial charge in [-0.1, -0.05) is 6.92 Å². The van der Waals surface area contributed by atoms with E-state index in [0.717, 1.165) is 6.07 Å². The second-order valence-electron chi connectivity index (χ2n) is 4.45. The fourth-order valence-corrected chi connectivity index (χ4v) is 2.03. The van der Waals surface area contributed by atoms with Gasteiger partial charge in [0.15, 0.2) is 0 Å². The first-order chi connectivity index (χ1) is 8.36. The molecule has 1 N–H and O–H groups in total. The third-order valence-corrected chi connectivity index (χ3v) is 3.16. The summed E-state index contributed by atoms with van der Waals surface area (Å²) in [5.74, 6) is -2.08. The molecule has 0 amide bonds. The Labute approximate surface area is 102 Å². The smallest absolute Gasteiger partial charge is 0.328 e. The first kappa shape index (κ1) is 12.7. The molecule has 0 radical (unpaired) electrons. The Morgan fingerprint density at radius 3 is 2.61 bits per heavy atom. The minimum atomic E-state index is -1.21. The Morgan fingerprint density at radius 2 is 2.11 bits per heavy atom. The van der Waals surface area contributed by atoms with Crippen LogP contribution in [0.3, 0.4) is 0 Å². The first-order valence-electron chi connectivity index (χ1n) is 5.47. The molecule has 0 bridgehead atoms. The van der Waals surface area contributed by atoms with E-state index in [4.69, 9.17) is 0 Å². The Morgan fingerprint density at radius 1 is 1.50 bits per heavy atom. The summed E-state index contributed by atoms with van der Waals surface area (Å²) in [4.78, 5) is 11.3. The molecule has 1 aliphatic heterocycles.